The first-order valence-electron chi connectivity index (χ1n) is 8.64. The molecule has 1 aliphatic rings. The highest BCUT2D eigenvalue weighted by molar-refractivity contribution is 5.92. The highest BCUT2D eigenvalue weighted by Gasteiger charge is 2.16. The molecule has 0 bridgehead atoms. The van der Waals surface area contributed by atoms with Gasteiger partial charge in [-0.1, -0.05) is 6.07 Å². The molecule has 1 aliphatic heterocycles. The summed E-state index contributed by atoms with van der Waals surface area (Å²) in [7, 11) is 1.60. The number of benzene rings is 2. The van der Waals surface area contributed by atoms with E-state index < -0.39 is 0 Å². The third-order valence-corrected chi connectivity index (χ3v) is 4.01. The van der Waals surface area contributed by atoms with Crippen LogP contribution in [0.4, 0.5) is 5.69 Å². The average Bonchev–Trinajstić information content (AvgIpc) is 3.19. The van der Waals surface area contributed by atoms with Gasteiger partial charge < -0.3 is 24.3 Å². The van der Waals surface area contributed by atoms with Crippen LogP contribution in [-0.2, 0) is 9.53 Å². The number of hydrogen-bond acceptors (Lipinski definition) is 5. The fraction of sp³-hybridized carbons (Fsp3) is 0.350. The fourth-order valence-corrected chi connectivity index (χ4v) is 2.65. The van der Waals surface area contributed by atoms with Crippen molar-refractivity contribution in [1.29, 1.82) is 0 Å². The lowest BCUT2D eigenvalue weighted by Crippen LogP contribution is -2.20. The number of rotatable bonds is 8. The van der Waals surface area contributed by atoms with Crippen LogP contribution in [0.3, 0.4) is 0 Å². The number of amides is 1. The summed E-state index contributed by atoms with van der Waals surface area (Å²) in [4.78, 5) is 12.1. The monoisotopic (exact) mass is 357 g/mol. The Bertz CT molecular complexity index is 710. The first kappa shape index (κ1) is 18.1. The summed E-state index contributed by atoms with van der Waals surface area (Å²) in [5.41, 5.74) is 0.665. The summed E-state index contributed by atoms with van der Waals surface area (Å²) in [5, 5.41) is 2.80. The van der Waals surface area contributed by atoms with Gasteiger partial charge in [-0.25, -0.2) is 0 Å². The SMILES string of the molecule is COc1ccc(OCC(=O)Nc2cccc(OC[C@H]3CCCO3)c2)cc1. The summed E-state index contributed by atoms with van der Waals surface area (Å²) in [5.74, 6) is 1.81. The van der Waals surface area contributed by atoms with Crippen LogP contribution in [0.2, 0.25) is 0 Å². The molecule has 2 aromatic carbocycles. The number of methoxy groups -OCH3 is 1. The van der Waals surface area contributed by atoms with Crippen molar-refractivity contribution >= 4 is 11.6 Å². The summed E-state index contributed by atoms with van der Waals surface area (Å²) < 4.78 is 21.8. The second kappa shape index (κ2) is 9.10. The van der Waals surface area contributed by atoms with Crippen molar-refractivity contribution in [1.82, 2.24) is 0 Å². The summed E-state index contributed by atoms with van der Waals surface area (Å²) in [6.07, 6.45) is 2.27. The van der Waals surface area contributed by atoms with Crippen molar-refractivity contribution in [3.8, 4) is 17.2 Å². The van der Waals surface area contributed by atoms with E-state index >= 15 is 0 Å². The van der Waals surface area contributed by atoms with Gasteiger partial charge in [-0.2, -0.15) is 0 Å². The number of ether oxygens (including phenoxy) is 4. The van der Waals surface area contributed by atoms with Crippen LogP contribution in [0, 0.1) is 0 Å². The van der Waals surface area contributed by atoms with Gasteiger partial charge in [0.05, 0.1) is 13.2 Å². The highest BCUT2D eigenvalue weighted by atomic mass is 16.5. The van der Waals surface area contributed by atoms with Crippen molar-refractivity contribution in [3.05, 3.63) is 48.5 Å². The molecule has 26 heavy (non-hydrogen) atoms. The molecule has 0 aliphatic carbocycles. The van der Waals surface area contributed by atoms with Crippen molar-refractivity contribution in [3.63, 3.8) is 0 Å². The van der Waals surface area contributed by atoms with Gasteiger partial charge in [0.2, 0.25) is 0 Å². The zero-order chi connectivity index (χ0) is 18.2. The normalized spacial score (nSPS) is 16.1. The van der Waals surface area contributed by atoms with Gasteiger partial charge >= 0.3 is 0 Å². The van der Waals surface area contributed by atoms with E-state index in [4.69, 9.17) is 18.9 Å². The van der Waals surface area contributed by atoms with Crippen LogP contribution in [0.25, 0.3) is 0 Å². The van der Waals surface area contributed by atoms with Crippen LogP contribution in [0.5, 0.6) is 17.2 Å². The van der Waals surface area contributed by atoms with Crippen LogP contribution < -0.4 is 19.5 Å². The minimum Gasteiger partial charge on any atom is -0.497 e. The smallest absolute Gasteiger partial charge is 0.262 e. The summed E-state index contributed by atoms with van der Waals surface area (Å²) >= 11 is 0. The van der Waals surface area contributed by atoms with E-state index in [2.05, 4.69) is 5.32 Å². The molecule has 0 spiro atoms. The largest absolute Gasteiger partial charge is 0.497 e. The zero-order valence-corrected chi connectivity index (χ0v) is 14.8. The van der Waals surface area contributed by atoms with Gasteiger partial charge in [0.1, 0.15) is 23.9 Å². The predicted octanol–water partition coefficient (Wildman–Crippen LogP) is 3.27. The van der Waals surface area contributed by atoms with E-state index in [1.807, 2.05) is 18.2 Å². The quantitative estimate of drug-likeness (QED) is 0.785. The second-order valence-electron chi connectivity index (χ2n) is 5.99. The van der Waals surface area contributed by atoms with Crippen molar-refractivity contribution in [2.75, 3.05) is 32.2 Å². The van der Waals surface area contributed by atoms with Gasteiger partial charge in [-0.15, -0.1) is 0 Å². The van der Waals surface area contributed by atoms with E-state index in [1.54, 1.807) is 37.4 Å². The maximum Gasteiger partial charge on any atom is 0.262 e. The van der Waals surface area contributed by atoms with Crippen molar-refractivity contribution in [2.24, 2.45) is 0 Å². The minimum absolute atomic E-state index is 0.0761. The lowest BCUT2D eigenvalue weighted by atomic mass is 10.2. The maximum absolute atomic E-state index is 12.1. The second-order valence-corrected chi connectivity index (χ2v) is 5.99. The third kappa shape index (κ3) is 5.39. The standard InChI is InChI=1S/C20H23NO5/c1-23-16-7-9-17(10-8-16)26-14-20(22)21-15-4-2-5-18(12-15)25-13-19-6-3-11-24-19/h2,4-5,7-10,12,19H,3,6,11,13-14H2,1H3,(H,21,22)/t19-/m1/s1. The van der Waals surface area contributed by atoms with E-state index in [9.17, 15) is 4.79 Å². The van der Waals surface area contributed by atoms with Gasteiger partial charge in [-0.3, -0.25) is 4.79 Å². The van der Waals surface area contributed by atoms with Crippen LogP contribution in [0.15, 0.2) is 48.5 Å². The fourth-order valence-electron chi connectivity index (χ4n) is 2.65. The van der Waals surface area contributed by atoms with Crippen molar-refractivity contribution < 1.29 is 23.7 Å². The average molecular weight is 357 g/mol. The van der Waals surface area contributed by atoms with E-state index in [-0.39, 0.29) is 18.6 Å². The van der Waals surface area contributed by atoms with Crippen molar-refractivity contribution in [2.45, 2.75) is 18.9 Å². The number of anilines is 1. The lowest BCUT2D eigenvalue weighted by Gasteiger charge is -2.13. The first-order chi connectivity index (χ1) is 12.7. The van der Waals surface area contributed by atoms with Gasteiger partial charge in [0.15, 0.2) is 6.61 Å². The van der Waals surface area contributed by atoms with Gasteiger partial charge in [0.25, 0.3) is 5.91 Å². The molecular formula is C20H23NO5. The number of hydrogen-bond donors (Lipinski definition) is 1. The Morgan fingerprint density at radius 1 is 1.12 bits per heavy atom. The number of carbonyl (C=O) groups is 1. The molecule has 0 aromatic heterocycles. The molecule has 1 amide bonds. The van der Waals surface area contributed by atoms with E-state index in [0.717, 1.165) is 25.2 Å². The zero-order valence-electron chi connectivity index (χ0n) is 14.8. The molecular weight excluding hydrogens is 334 g/mol. The minimum atomic E-state index is -0.239. The van der Waals surface area contributed by atoms with Gasteiger partial charge in [0, 0.05) is 18.4 Å². The topological polar surface area (TPSA) is 66.0 Å². The van der Waals surface area contributed by atoms with Crippen LogP contribution in [0.1, 0.15) is 12.8 Å². The Balaban J connectivity index is 1.46. The molecule has 0 unspecified atom stereocenters. The number of carbonyl (C=O) groups excluding carboxylic acids is 1. The molecule has 6 nitrogen and oxygen atoms in total. The molecule has 1 N–H and O–H groups in total. The third-order valence-electron chi connectivity index (χ3n) is 4.01. The molecule has 1 atom stereocenters. The Hall–Kier alpha value is -2.73. The Morgan fingerprint density at radius 2 is 1.92 bits per heavy atom. The molecule has 0 radical (unpaired) electrons. The molecule has 2 aromatic rings. The molecule has 1 saturated heterocycles. The summed E-state index contributed by atoms with van der Waals surface area (Å²) in [6.45, 7) is 1.25. The van der Waals surface area contributed by atoms with Crippen LogP contribution >= 0.6 is 0 Å². The van der Waals surface area contributed by atoms with E-state index in [1.165, 1.54) is 0 Å². The van der Waals surface area contributed by atoms with E-state index in [0.29, 0.717) is 23.8 Å². The predicted molar refractivity (Wildman–Crippen MR) is 98.0 cm³/mol. The molecule has 3 rings (SSSR count). The van der Waals surface area contributed by atoms with Gasteiger partial charge in [-0.05, 0) is 49.2 Å². The first-order valence-corrected chi connectivity index (χ1v) is 8.64. The number of nitrogens with one attached hydrogen (secondary N) is 1. The molecule has 1 heterocycles. The molecule has 0 saturated carbocycles. The van der Waals surface area contributed by atoms with Crippen LogP contribution in [-0.4, -0.2) is 38.9 Å². The molecule has 138 valence electrons. The Labute approximate surface area is 153 Å². The molecule has 1 fully saturated rings. The Kier molecular flexibility index (Phi) is 6.33. The molecule has 6 heteroatoms. The Morgan fingerprint density at radius 3 is 2.65 bits per heavy atom. The summed E-state index contributed by atoms with van der Waals surface area (Å²) in [6, 6.07) is 14.4. The highest BCUT2D eigenvalue weighted by Crippen LogP contribution is 2.20. The maximum atomic E-state index is 12.1. The lowest BCUT2D eigenvalue weighted by molar-refractivity contribution is -0.118.